The van der Waals surface area contributed by atoms with Gasteiger partial charge >= 0.3 is 0 Å². The molecule has 31 heavy (non-hydrogen) atoms. The highest BCUT2D eigenvalue weighted by molar-refractivity contribution is 7.97. The van der Waals surface area contributed by atoms with Crippen LogP contribution in [0, 0.1) is 17.7 Å². The van der Waals surface area contributed by atoms with Crippen LogP contribution in [-0.4, -0.2) is 17.4 Å². The Hall–Kier alpha value is -3.04. The zero-order chi connectivity index (χ0) is 22.0. The number of ketones is 1. The minimum absolute atomic E-state index is 0.0619. The number of fused-ring (bicyclic) bond motifs is 1. The third-order valence-electron chi connectivity index (χ3n) is 4.85. The molecule has 0 amide bonds. The molecule has 0 aromatic heterocycles. The summed E-state index contributed by atoms with van der Waals surface area (Å²) in [5.41, 5.74) is 3.31. The van der Waals surface area contributed by atoms with Gasteiger partial charge in [0, 0.05) is 18.1 Å². The Kier molecular flexibility index (Phi) is 6.15. The van der Waals surface area contributed by atoms with E-state index >= 15 is 0 Å². The molecule has 1 aliphatic rings. The molecule has 1 aliphatic heterocycles. The third-order valence-corrected chi connectivity index (χ3v) is 6.51. The summed E-state index contributed by atoms with van der Waals surface area (Å²) in [7, 11) is 1.66. The summed E-state index contributed by atoms with van der Waals surface area (Å²) in [6, 6.07) is 19.3. The molecule has 154 valence electrons. The smallest absolute Gasteiger partial charge is 0.245 e. The first kappa shape index (κ1) is 21.2. The highest BCUT2D eigenvalue weighted by Gasteiger charge is 2.38. The number of allylic oxidation sites excluding steroid dienone is 1. The van der Waals surface area contributed by atoms with Crippen molar-refractivity contribution in [1.82, 2.24) is 0 Å². The van der Waals surface area contributed by atoms with Crippen LogP contribution in [0.25, 0.3) is 6.08 Å². The number of hydrogen-bond donors (Lipinski definition) is 0. The summed E-state index contributed by atoms with van der Waals surface area (Å²) in [5.74, 6) is 5.31. The fourth-order valence-electron chi connectivity index (χ4n) is 3.23. The fraction of sp³-hybridized carbons (Fsp3) is 0.0800. The van der Waals surface area contributed by atoms with Crippen LogP contribution in [0.1, 0.15) is 27.0 Å². The Labute approximate surface area is 188 Å². The van der Waals surface area contributed by atoms with Crippen molar-refractivity contribution in [3.8, 4) is 11.8 Å². The molecule has 0 saturated heterocycles. The first-order valence-corrected chi connectivity index (χ1v) is 11.0. The predicted octanol–water partition coefficient (Wildman–Crippen LogP) is 5.41. The van der Waals surface area contributed by atoms with Gasteiger partial charge in [-0.2, -0.15) is 4.31 Å². The number of Topliss-reactive ketones (excluding diaryl/α,β-unsaturated/α-hetero) is 1. The van der Waals surface area contributed by atoms with Crippen LogP contribution in [0.3, 0.4) is 0 Å². The summed E-state index contributed by atoms with van der Waals surface area (Å²) in [6.07, 6.45) is 2.09. The maximum absolute atomic E-state index is 13.4. The van der Waals surface area contributed by atoms with Crippen molar-refractivity contribution < 1.29 is 13.7 Å². The summed E-state index contributed by atoms with van der Waals surface area (Å²) >= 11 is 4.15. The van der Waals surface area contributed by atoms with Crippen LogP contribution in [0.15, 0.2) is 71.6 Å². The number of carbonyl (C=O) groups excluding carboxylic acids is 1. The monoisotopic (exact) mass is 449 g/mol. The van der Waals surface area contributed by atoms with Gasteiger partial charge in [-0.05, 0) is 41.5 Å². The second kappa shape index (κ2) is 8.99. The minimum Gasteiger partial charge on any atom is -0.588 e. The normalized spacial score (nSPS) is 16.6. The average molecular weight is 450 g/mol. The Bertz CT molecular complexity index is 1250. The van der Waals surface area contributed by atoms with Crippen molar-refractivity contribution in [2.45, 2.75) is 6.42 Å². The van der Waals surface area contributed by atoms with Gasteiger partial charge in [-0.1, -0.05) is 59.8 Å². The SMILES string of the molecule is CN1c2ccc(C#CCc3ccccc3)cc2C(=O)/C(=C/c2ccc(F)c(Cl)c2)[S+]1[O-]. The summed E-state index contributed by atoms with van der Waals surface area (Å²) in [6.45, 7) is 0. The molecule has 3 nitrogen and oxygen atoms in total. The van der Waals surface area contributed by atoms with Crippen molar-refractivity contribution in [1.29, 1.82) is 0 Å². The van der Waals surface area contributed by atoms with Crippen LogP contribution < -0.4 is 4.31 Å². The second-order valence-electron chi connectivity index (χ2n) is 6.95. The lowest BCUT2D eigenvalue weighted by atomic mass is 10.0. The van der Waals surface area contributed by atoms with E-state index in [1.54, 1.807) is 19.2 Å². The van der Waals surface area contributed by atoms with E-state index in [0.717, 1.165) is 5.56 Å². The van der Waals surface area contributed by atoms with Crippen molar-refractivity contribution in [2.24, 2.45) is 0 Å². The van der Waals surface area contributed by atoms with Crippen LogP contribution in [0.2, 0.25) is 5.02 Å². The van der Waals surface area contributed by atoms with E-state index in [1.165, 1.54) is 28.6 Å². The zero-order valence-corrected chi connectivity index (χ0v) is 18.1. The molecular formula is C25H17ClFNO2S. The second-order valence-corrected chi connectivity index (χ2v) is 8.85. The molecule has 1 heterocycles. The molecule has 0 aliphatic carbocycles. The lowest BCUT2D eigenvalue weighted by Crippen LogP contribution is -2.36. The summed E-state index contributed by atoms with van der Waals surface area (Å²) in [5, 5.41) is -0.0619. The van der Waals surface area contributed by atoms with Crippen molar-refractivity contribution in [3.05, 3.63) is 105 Å². The third kappa shape index (κ3) is 4.52. The first-order valence-electron chi connectivity index (χ1n) is 9.48. The highest BCUT2D eigenvalue weighted by atomic mass is 35.5. The van der Waals surface area contributed by atoms with Crippen LogP contribution in [-0.2, 0) is 17.8 Å². The molecular weight excluding hydrogens is 433 g/mol. The van der Waals surface area contributed by atoms with Gasteiger partial charge in [-0.3, -0.25) is 4.79 Å². The maximum Gasteiger partial charge on any atom is 0.245 e. The number of benzene rings is 3. The zero-order valence-electron chi connectivity index (χ0n) is 16.6. The lowest BCUT2D eigenvalue weighted by molar-refractivity contribution is 0.104. The Morgan fingerprint density at radius 2 is 1.90 bits per heavy atom. The summed E-state index contributed by atoms with van der Waals surface area (Å²) < 4.78 is 27.9. The average Bonchev–Trinajstić information content (AvgIpc) is 2.78. The van der Waals surface area contributed by atoms with Crippen LogP contribution >= 0.6 is 11.6 Å². The van der Waals surface area contributed by atoms with E-state index in [9.17, 15) is 13.7 Å². The number of anilines is 1. The van der Waals surface area contributed by atoms with Gasteiger partial charge in [0.05, 0.1) is 23.3 Å². The minimum atomic E-state index is -1.69. The Balaban J connectivity index is 1.66. The molecule has 6 heteroatoms. The van der Waals surface area contributed by atoms with Crippen LogP contribution in [0.5, 0.6) is 0 Å². The molecule has 4 rings (SSSR count). The Morgan fingerprint density at radius 1 is 1.13 bits per heavy atom. The Morgan fingerprint density at radius 3 is 2.65 bits per heavy atom. The molecule has 0 saturated carbocycles. The van der Waals surface area contributed by atoms with E-state index in [2.05, 4.69) is 11.8 Å². The number of rotatable bonds is 2. The number of halogens is 2. The molecule has 1 atom stereocenters. The molecule has 1 unspecified atom stereocenters. The topological polar surface area (TPSA) is 43.4 Å². The van der Waals surface area contributed by atoms with E-state index in [4.69, 9.17) is 11.6 Å². The quantitative estimate of drug-likeness (QED) is 0.298. The van der Waals surface area contributed by atoms with Gasteiger partial charge < -0.3 is 4.55 Å². The van der Waals surface area contributed by atoms with Gasteiger partial charge in [0.1, 0.15) is 17.2 Å². The van der Waals surface area contributed by atoms with Crippen molar-refractivity contribution in [2.75, 3.05) is 11.4 Å². The fourth-order valence-corrected chi connectivity index (χ4v) is 4.56. The largest absolute Gasteiger partial charge is 0.588 e. The van der Waals surface area contributed by atoms with Crippen molar-refractivity contribution >= 4 is 40.5 Å². The van der Waals surface area contributed by atoms with Gasteiger partial charge in [0.25, 0.3) is 0 Å². The van der Waals surface area contributed by atoms with E-state index in [-0.39, 0.29) is 15.7 Å². The lowest BCUT2D eigenvalue weighted by Gasteiger charge is -2.29. The number of hydrogen-bond acceptors (Lipinski definition) is 3. The van der Waals surface area contributed by atoms with E-state index < -0.39 is 17.2 Å². The van der Waals surface area contributed by atoms with Gasteiger partial charge in [-0.15, -0.1) is 0 Å². The van der Waals surface area contributed by atoms with Crippen molar-refractivity contribution in [3.63, 3.8) is 0 Å². The van der Waals surface area contributed by atoms with E-state index in [1.807, 2.05) is 36.4 Å². The number of nitrogens with zero attached hydrogens (tertiary/aromatic N) is 1. The molecule has 0 spiro atoms. The molecule has 3 aromatic carbocycles. The molecule has 0 fully saturated rings. The van der Waals surface area contributed by atoms with E-state index in [0.29, 0.717) is 28.8 Å². The summed E-state index contributed by atoms with van der Waals surface area (Å²) in [4.78, 5) is 13.2. The molecule has 0 N–H and O–H groups in total. The number of carbonyl (C=O) groups is 1. The predicted molar refractivity (Wildman–Crippen MR) is 124 cm³/mol. The standard InChI is InChI=1S/C25H17ClFNO2S/c1-28-23-13-11-18(9-5-8-17-6-3-2-4-7-17)14-20(23)25(29)24(31(28)30)16-19-10-12-22(27)21(26)15-19/h2-4,6-7,10-16H,8H2,1H3/b24-16-. The van der Waals surface area contributed by atoms with Gasteiger partial charge in [0.2, 0.25) is 10.7 Å². The van der Waals surface area contributed by atoms with Crippen LogP contribution in [0.4, 0.5) is 10.1 Å². The highest BCUT2D eigenvalue weighted by Crippen LogP contribution is 2.35. The molecule has 0 radical (unpaired) electrons. The van der Waals surface area contributed by atoms with Gasteiger partial charge in [-0.25, -0.2) is 4.39 Å². The molecule has 0 bridgehead atoms. The first-order chi connectivity index (χ1) is 14.9. The molecule has 3 aromatic rings. The maximum atomic E-state index is 13.4. The van der Waals surface area contributed by atoms with Gasteiger partial charge in [0.15, 0.2) is 0 Å².